The molecular formula is C15H25N3O. The lowest BCUT2D eigenvalue weighted by Gasteiger charge is -2.25. The fraction of sp³-hybridized carbons (Fsp3) is 0.533. The average Bonchev–Trinajstić information content (AvgIpc) is 2.37. The number of nitrogens with one attached hydrogen (secondary N) is 1. The monoisotopic (exact) mass is 263 g/mol. The van der Waals surface area contributed by atoms with Crippen LogP contribution in [0.4, 0.5) is 5.69 Å². The lowest BCUT2D eigenvalue weighted by Crippen LogP contribution is -2.41. The summed E-state index contributed by atoms with van der Waals surface area (Å²) in [5.74, 6) is 0.554. The Balaban J connectivity index is 2.62. The zero-order valence-corrected chi connectivity index (χ0v) is 12.3. The summed E-state index contributed by atoms with van der Waals surface area (Å²) >= 11 is 0. The molecule has 4 nitrogen and oxygen atoms in total. The maximum Gasteiger partial charge on any atom is 0.241 e. The van der Waals surface area contributed by atoms with Gasteiger partial charge in [0.1, 0.15) is 0 Å². The Hall–Kier alpha value is -1.39. The Morgan fingerprint density at radius 1 is 1.37 bits per heavy atom. The fourth-order valence-corrected chi connectivity index (χ4v) is 1.96. The summed E-state index contributed by atoms with van der Waals surface area (Å²) in [6, 6.07) is 7.49. The van der Waals surface area contributed by atoms with Crippen LogP contribution in [0.2, 0.25) is 0 Å². The third-order valence-corrected chi connectivity index (χ3v) is 3.12. The molecule has 1 unspecified atom stereocenters. The second-order valence-electron chi connectivity index (χ2n) is 5.40. The van der Waals surface area contributed by atoms with Gasteiger partial charge in [-0.15, -0.1) is 0 Å². The second-order valence-corrected chi connectivity index (χ2v) is 5.40. The SMILES string of the molecule is CC(C)CN(C)C(C)C(=O)Nc1cccc(CN)c1. The average molecular weight is 263 g/mol. The van der Waals surface area contributed by atoms with Crippen LogP contribution < -0.4 is 11.1 Å². The molecule has 1 atom stereocenters. The number of carbonyl (C=O) groups excluding carboxylic acids is 1. The highest BCUT2D eigenvalue weighted by Crippen LogP contribution is 2.11. The van der Waals surface area contributed by atoms with Crippen molar-refractivity contribution in [3.8, 4) is 0 Å². The number of carbonyl (C=O) groups is 1. The van der Waals surface area contributed by atoms with Crippen molar-refractivity contribution in [1.82, 2.24) is 4.90 Å². The number of anilines is 1. The molecule has 4 heteroatoms. The van der Waals surface area contributed by atoms with E-state index in [1.807, 2.05) is 38.2 Å². The van der Waals surface area contributed by atoms with Gasteiger partial charge in [0.2, 0.25) is 5.91 Å². The predicted octanol–water partition coefficient (Wildman–Crippen LogP) is 2.06. The van der Waals surface area contributed by atoms with E-state index in [1.165, 1.54) is 0 Å². The summed E-state index contributed by atoms with van der Waals surface area (Å²) in [5, 5.41) is 2.93. The van der Waals surface area contributed by atoms with Gasteiger partial charge in [0.15, 0.2) is 0 Å². The van der Waals surface area contributed by atoms with Crippen LogP contribution in [0.3, 0.4) is 0 Å². The number of nitrogens with two attached hydrogens (primary N) is 1. The van der Waals surface area contributed by atoms with Crippen LogP contribution >= 0.6 is 0 Å². The number of amides is 1. The molecule has 0 bridgehead atoms. The van der Waals surface area contributed by atoms with Crippen molar-refractivity contribution in [3.05, 3.63) is 29.8 Å². The minimum atomic E-state index is -0.149. The quantitative estimate of drug-likeness (QED) is 0.826. The summed E-state index contributed by atoms with van der Waals surface area (Å²) in [5.41, 5.74) is 7.41. The van der Waals surface area contributed by atoms with Gasteiger partial charge >= 0.3 is 0 Å². The first-order chi connectivity index (χ1) is 8.93. The molecule has 0 aromatic heterocycles. The largest absolute Gasteiger partial charge is 0.326 e. The molecule has 0 spiro atoms. The van der Waals surface area contributed by atoms with Crippen LogP contribution in [0.5, 0.6) is 0 Å². The molecule has 0 aliphatic rings. The predicted molar refractivity (Wildman–Crippen MR) is 79.9 cm³/mol. The second kappa shape index (κ2) is 7.26. The molecule has 0 saturated heterocycles. The topological polar surface area (TPSA) is 58.4 Å². The van der Waals surface area contributed by atoms with E-state index in [0.717, 1.165) is 17.8 Å². The van der Waals surface area contributed by atoms with E-state index in [4.69, 9.17) is 5.73 Å². The fourth-order valence-electron chi connectivity index (χ4n) is 1.96. The van der Waals surface area contributed by atoms with Gasteiger partial charge in [-0.25, -0.2) is 0 Å². The van der Waals surface area contributed by atoms with Gasteiger partial charge in [0.25, 0.3) is 0 Å². The van der Waals surface area contributed by atoms with Gasteiger partial charge in [-0.3, -0.25) is 9.69 Å². The van der Waals surface area contributed by atoms with Gasteiger partial charge < -0.3 is 11.1 Å². The van der Waals surface area contributed by atoms with Crippen LogP contribution in [0.1, 0.15) is 26.3 Å². The standard InChI is InChI=1S/C15H25N3O/c1-11(2)10-18(4)12(3)15(19)17-14-7-5-6-13(8-14)9-16/h5-8,11-12H,9-10,16H2,1-4H3,(H,17,19). The van der Waals surface area contributed by atoms with Crippen LogP contribution in [-0.2, 0) is 11.3 Å². The maximum atomic E-state index is 12.2. The Bertz CT molecular complexity index is 418. The van der Waals surface area contributed by atoms with Crippen molar-refractivity contribution in [2.75, 3.05) is 18.9 Å². The summed E-state index contributed by atoms with van der Waals surface area (Å²) in [4.78, 5) is 14.2. The van der Waals surface area contributed by atoms with Crippen LogP contribution in [-0.4, -0.2) is 30.4 Å². The Labute approximate surface area is 116 Å². The van der Waals surface area contributed by atoms with E-state index in [0.29, 0.717) is 12.5 Å². The molecule has 0 aliphatic carbocycles. The van der Waals surface area contributed by atoms with E-state index < -0.39 is 0 Å². The zero-order valence-electron chi connectivity index (χ0n) is 12.3. The summed E-state index contributed by atoms with van der Waals surface area (Å²) in [7, 11) is 1.97. The van der Waals surface area contributed by atoms with E-state index in [1.54, 1.807) is 0 Å². The van der Waals surface area contributed by atoms with Gasteiger partial charge in [-0.1, -0.05) is 26.0 Å². The van der Waals surface area contributed by atoms with Crippen LogP contribution in [0.25, 0.3) is 0 Å². The Kier molecular flexibility index (Phi) is 5.99. The molecule has 0 heterocycles. The number of hydrogen-bond acceptors (Lipinski definition) is 3. The summed E-state index contributed by atoms with van der Waals surface area (Å²) in [6.45, 7) is 7.59. The van der Waals surface area contributed by atoms with Gasteiger partial charge in [0, 0.05) is 18.8 Å². The third kappa shape index (κ3) is 5.01. The highest BCUT2D eigenvalue weighted by Gasteiger charge is 2.18. The molecule has 1 rings (SSSR count). The zero-order chi connectivity index (χ0) is 14.4. The Morgan fingerprint density at radius 2 is 2.05 bits per heavy atom. The Morgan fingerprint density at radius 3 is 2.63 bits per heavy atom. The highest BCUT2D eigenvalue weighted by molar-refractivity contribution is 5.94. The number of rotatable bonds is 6. The first-order valence-electron chi connectivity index (χ1n) is 6.74. The van der Waals surface area contributed by atoms with Crippen molar-refractivity contribution in [1.29, 1.82) is 0 Å². The van der Waals surface area contributed by atoms with Crippen molar-refractivity contribution in [2.24, 2.45) is 11.7 Å². The molecule has 1 aromatic carbocycles. The van der Waals surface area contributed by atoms with E-state index >= 15 is 0 Å². The molecule has 0 aliphatic heterocycles. The normalized spacial score (nSPS) is 12.8. The van der Waals surface area contributed by atoms with Crippen molar-refractivity contribution < 1.29 is 4.79 Å². The molecule has 0 fully saturated rings. The number of benzene rings is 1. The molecule has 0 saturated carbocycles. The van der Waals surface area contributed by atoms with E-state index in [-0.39, 0.29) is 11.9 Å². The van der Waals surface area contributed by atoms with Crippen molar-refractivity contribution in [2.45, 2.75) is 33.4 Å². The van der Waals surface area contributed by atoms with Crippen molar-refractivity contribution in [3.63, 3.8) is 0 Å². The van der Waals surface area contributed by atoms with Gasteiger partial charge in [-0.05, 0) is 37.6 Å². The molecule has 0 radical (unpaired) electrons. The van der Waals surface area contributed by atoms with E-state index in [9.17, 15) is 4.79 Å². The third-order valence-electron chi connectivity index (χ3n) is 3.12. The molecule has 1 aromatic rings. The lowest BCUT2D eigenvalue weighted by molar-refractivity contribution is -0.120. The first-order valence-corrected chi connectivity index (χ1v) is 6.74. The summed E-state index contributed by atoms with van der Waals surface area (Å²) < 4.78 is 0. The molecule has 106 valence electrons. The first kappa shape index (κ1) is 15.7. The van der Waals surface area contributed by atoms with Gasteiger partial charge in [0.05, 0.1) is 6.04 Å². The molecule has 3 N–H and O–H groups in total. The number of likely N-dealkylation sites (N-methyl/N-ethyl adjacent to an activating group) is 1. The highest BCUT2D eigenvalue weighted by atomic mass is 16.2. The number of nitrogens with zero attached hydrogens (tertiary/aromatic N) is 1. The van der Waals surface area contributed by atoms with E-state index in [2.05, 4.69) is 24.1 Å². The summed E-state index contributed by atoms with van der Waals surface area (Å²) in [6.07, 6.45) is 0. The molecular weight excluding hydrogens is 238 g/mol. The van der Waals surface area contributed by atoms with Crippen LogP contribution in [0.15, 0.2) is 24.3 Å². The minimum absolute atomic E-state index is 0.0114. The molecule has 19 heavy (non-hydrogen) atoms. The van der Waals surface area contributed by atoms with Crippen molar-refractivity contribution >= 4 is 11.6 Å². The van der Waals surface area contributed by atoms with Gasteiger partial charge in [-0.2, -0.15) is 0 Å². The minimum Gasteiger partial charge on any atom is -0.326 e. The maximum absolute atomic E-state index is 12.2. The molecule has 1 amide bonds. The smallest absolute Gasteiger partial charge is 0.241 e. The van der Waals surface area contributed by atoms with Crippen LogP contribution in [0, 0.1) is 5.92 Å². The number of hydrogen-bond donors (Lipinski definition) is 2. The lowest BCUT2D eigenvalue weighted by atomic mass is 10.1.